The lowest BCUT2D eigenvalue weighted by Gasteiger charge is -2.08. The van der Waals surface area contributed by atoms with Gasteiger partial charge >= 0.3 is 0 Å². The Morgan fingerprint density at radius 3 is 3.04 bits per heavy atom. The number of benzene rings is 1. The van der Waals surface area contributed by atoms with E-state index in [-0.39, 0.29) is 17.6 Å². The highest BCUT2D eigenvalue weighted by Crippen LogP contribution is 2.29. The molecule has 2 aromatic rings. The molecule has 0 bridgehead atoms. The Morgan fingerprint density at radius 2 is 2.28 bits per heavy atom. The van der Waals surface area contributed by atoms with Gasteiger partial charge in [-0.25, -0.2) is 0 Å². The molecule has 1 aromatic carbocycles. The van der Waals surface area contributed by atoms with E-state index in [9.17, 15) is 9.59 Å². The van der Waals surface area contributed by atoms with Crippen LogP contribution in [0.15, 0.2) is 33.6 Å². The Labute approximate surface area is 155 Å². The highest BCUT2D eigenvalue weighted by Gasteiger charge is 2.17. The maximum atomic E-state index is 12.1. The van der Waals surface area contributed by atoms with Crippen LogP contribution in [-0.2, 0) is 9.59 Å². The lowest BCUT2D eigenvalue weighted by Crippen LogP contribution is -2.19. The average Bonchev–Trinajstić information content (AvgIpc) is 3.23. The number of amidine groups is 1. The van der Waals surface area contributed by atoms with Crippen LogP contribution in [0.2, 0.25) is 0 Å². The minimum absolute atomic E-state index is 0.0733. The number of nitrogens with one attached hydrogen (secondary N) is 2. The molecule has 1 saturated heterocycles. The zero-order valence-electron chi connectivity index (χ0n) is 13.0. The largest absolute Gasteiger partial charge is 0.495 e. The maximum Gasteiger partial charge on any atom is 0.236 e. The SMILES string of the molecule is COc1ccccc1NC(=O)CSc1nnc(N=C2NC(=O)CS2)s1. The molecule has 3 rings (SSSR count). The fourth-order valence-electron chi connectivity index (χ4n) is 1.84. The summed E-state index contributed by atoms with van der Waals surface area (Å²) in [5.74, 6) is 0.912. The number of hydrogen-bond donors (Lipinski definition) is 2. The molecule has 0 atom stereocenters. The van der Waals surface area contributed by atoms with Gasteiger partial charge in [0, 0.05) is 0 Å². The van der Waals surface area contributed by atoms with E-state index in [1.807, 2.05) is 12.1 Å². The van der Waals surface area contributed by atoms with E-state index in [4.69, 9.17) is 4.74 Å². The van der Waals surface area contributed by atoms with Crippen LogP contribution < -0.4 is 15.4 Å². The lowest BCUT2D eigenvalue weighted by atomic mass is 10.3. The van der Waals surface area contributed by atoms with Gasteiger partial charge in [0.2, 0.25) is 16.9 Å². The van der Waals surface area contributed by atoms with Crippen molar-refractivity contribution in [3.63, 3.8) is 0 Å². The van der Waals surface area contributed by atoms with Gasteiger partial charge in [-0.05, 0) is 12.1 Å². The molecule has 8 nitrogen and oxygen atoms in total. The standard InChI is InChI=1S/C14H13N5O3S3/c1-22-9-5-3-2-4-8(9)15-10(20)7-24-14-19-18-13(25-14)17-12-16-11(21)6-23-12/h2-5H,6-7H2,1H3,(H,15,20)(H,16,17,18,21). The molecular formula is C14H13N5O3S3. The summed E-state index contributed by atoms with van der Waals surface area (Å²) in [6.45, 7) is 0. The predicted molar refractivity (Wildman–Crippen MR) is 100.0 cm³/mol. The number of para-hydroxylation sites is 2. The molecule has 11 heteroatoms. The predicted octanol–water partition coefficient (Wildman–Crippen LogP) is 2.13. The molecule has 1 aliphatic rings. The minimum Gasteiger partial charge on any atom is -0.495 e. The van der Waals surface area contributed by atoms with Gasteiger partial charge in [-0.3, -0.25) is 9.59 Å². The van der Waals surface area contributed by atoms with Crippen LogP contribution in [0.25, 0.3) is 0 Å². The molecule has 130 valence electrons. The van der Waals surface area contributed by atoms with Gasteiger partial charge in [0.15, 0.2) is 9.51 Å². The molecule has 2 amide bonds. The third kappa shape index (κ3) is 4.94. The number of aromatic nitrogens is 2. The van der Waals surface area contributed by atoms with Crippen molar-refractivity contribution in [2.45, 2.75) is 4.34 Å². The van der Waals surface area contributed by atoms with E-state index < -0.39 is 0 Å². The van der Waals surface area contributed by atoms with E-state index in [0.29, 0.717) is 31.8 Å². The normalized spacial score (nSPS) is 15.2. The van der Waals surface area contributed by atoms with E-state index in [1.165, 1.54) is 34.9 Å². The highest BCUT2D eigenvalue weighted by molar-refractivity contribution is 8.15. The smallest absolute Gasteiger partial charge is 0.236 e. The molecule has 0 saturated carbocycles. The summed E-state index contributed by atoms with van der Waals surface area (Å²) in [5, 5.41) is 14.3. The summed E-state index contributed by atoms with van der Waals surface area (Å²) in [7, 11) is 1.55. The first kappa shape index (κ1) is 17.7. The van der Waals surface area contributed by atoms with Crippen molar-refractivity contribution >= 4 is 62.7 Å². The summed E-state index contributed by atoms with van der Waals surface area (Å²) in [5.41, 5.74) is 0.619. The lowest BCUT2D eigenvalue weighted by molar-refractivity contribution is -0.117. The molecule has 2 N–H and O–H groups in total. The molecule has 0 radical (unpaired) electrons. The molecular weight excluding hydrogens is 382 g/mol. The molecule has 0 unspecified atom stereocenters. The van der Waals surface area contributed by atoms with Crippen molar-refractivity contribution in [2.24, 2.45) is 4.99 Å². The van der Waals surface area contributed by atoms with Crippen LogP contribution in [-0.4, -0.2) is 45.8 Å². The average molecular weight is 395 g/mol. The molecule has 25 heavy (non-hydrogen) atoms. The monoisotopic (exact) mass is 395 g/mol. The number of nitrogens with zero attached hydrogens (tertiary/aromatic N) is 3. The summed E-state index contributed by atoms with van der Waals surface area (Å²) in [4.78, 5) is 27.4. The van der Waals surface area contributed by atoms with Crippen LogP contribution >= 0.6 is 34.9 Å². The van der Waals surface area contributed by atoms with Crippen LogP contribution in [0.1, 0.15) is 0 Å². The summed E-state index contributed by atoms with van der Waals surface area (Å²) in [6, 6.07) is 7.20. The molecule has 0 aliphatic carbocycles. The second-order valence-corrected chi connectivity index (χ2v) is 7.78. The van der Waals surface area contributed by atoms with E-state index >= 15 is 0 Å². The minimum atomic E-state index is -0.170. The molecule has 2 heterocycles. The zero-order chi connectivity index (χ0) is 17.6. The Hall–Kier alpha value is -2.11. The molecule has 1 aliphatic heterocycles. The first-order chi connectivity index (χ1) is 12.1. The summed E-state index contributed by atoms with van der Waals surface area (Å²) in [6.07, 6.45) is 0. The number of ether oxygens (including phenoxy) is 1. The molecule has 1 fully saturated rings. The number of methoxy groups -OCH3 is 1. The van der Waals surface area contributed by atoms with Crippen LogP contribution in [0, 0.1) is 0 Å². The van der Waals surface area contributed by atoms with Crippen molar-refractivity contribution in [2.75, 3.05) is 23.9 Å². The number of amides is 2. The van der Waals surface area contributed by atoms with Gasteiger partial charge in [0.05, 0.1) is 24.3 Å². The number of aliphatic imine (C=N–C) groups is 1. The third-order valence-corrected chi connectivity index (χ3v) is 5.71. The third-order valence-electron chi connectivity index (χ3n) is 2.89. The Morgan fingerprint density at radius 1 is 1.44 bits per heavy atom. The van der Waals surface area contributed by atoms with Crippen LogP contribution in [0.5, 0.6) is 5.75 Å². The van der Waals surface area contributed by atoms with Crippen LogP contribution in [0.3, 0.4) is 0 Å². The second kappa shape index (κ2) is 8.32. The topological polar surface area (TPSA) is 106 Å². The number of thioether (sulfide) groups is 2. The first-order valence-corrected chi connectivity index (χ1v) is 9.83. The molecule has 1 aromatic heterocycles. The summed E-state index contributed by atoms with van der Waals surface area (Å²) >= 11 is 3.85. The quantitative estimate of drug-likeness (QED) is 0.722. The Kier molecular flexibility index (Phi) is 5.89. The van der Waals surface area contributed by atoms with E-state index in [0.717, 1.165) is 0 Å². The fraction of sp³-hybridized carbons (Fsp3) is 0.214. The van der Waals surface area contributed by atoms with Gasteiger partial charge in [0.1, 0.15) is 5.75 Å². The second-order valence-electron chi connectivity index (χ2n) is 4.64. The van der Waals surface area contributed by atoms with Crippen molar-refractivity contribution in [1.82, 2.24) is 15.5 Å². The number of rotatable bonds is 6. The maximum absolute atomic E-state index is 12.1. The van der Waals surface area contributed by atoms with Gasteiger partial charge in [-0.1, -0.05) is 47.0 Å². The van der Waals surface area contributed by atoms with E-state index in [2.05, 4.69) is 25.8 Å². The van der Waals surface area contributed by atoms with Crippen molar-refractivity contribution in [3.05, 3.63) is 24.3 Å². The van der Waals surface area contributed by atoms with Crippen molar-refractivity contribution < 1.29 is 14.3 Å². The van der Waals surface area contributed by atoms with E-state index in [1.54, 1.807) is 19.2 Å². The zero-order valence-corrected chi connectivity index (χ0v) is 15.5. The van der Waals surface area contributed by atoms with Gasteiger partial charge in [-0.2, -0.15) is 4.99 Å². The number of carbonyl (C=O) groups is 2. The van der Waals surface area contributed by atoms with Crippen molar-refractivity contribution in [1.29, 1.82) is 0 Å². The van der Waals surface area contributed by atoms with Crippen LogP contribution in [0.4, 0.5) is 10.8 Å². The summed E-state index contributed by atoms with van der Waals surface area (Å²) < 4.78 is 5.82. The number of anilines is 1. The number of hydrogen-bond acceptors (Lipinski definition) is 9. The molecule has 0 spiro atoms. The van der Waals surface area contributed by atoms with Gasteiger partial charge in [-0.15, -0.1) is 10.2 Å². The van der Waals surface area contributed by atoms with Gasteiger partial charge in [0.25, 0.3) is 0 Å². The van der Waals surface area contributed by atoms with Gasteiger partial charge < -0.3 is 15.4 Å². The number of carbonyl (C=O) groups excluding carboxylic acids is 2. The fourth-order valence-corrected chi connectivity index (χ4v) is 4.09. The van der Waals surface area contributed by atoms with Crippen molar-refractivity contribution in [3.8, 4) is 5.75 Å². The highest BCUT2D eigenvalue weighted by atomic mass is 32.2. The Bertz CT molecular complexity index is 824. The Balaban J connectivity index is 1.53. The first-order valence-electron chi connectivity index (χ1n) is 7.04.